The van der Waals surface area contributed by atoms with Gasteiger partial charge in [0.2, 0.25) is 5.91 Å². The molecule has 0 radical (unpaired) electrons. The van der Waals surface area contributed by atoms with Gasteiger partial charge in [-0.05, 0) is 61.1 Å². The van der Waals surface area contributed by atoms with E-state index < -0.39 is 23.2 Å². The highest BCUT2D eigenvalue weighted by atomic mass is 19.4. The van der Waals surface area contributed by atoms with E-state index in [0.29, 0.717) is 67.7 Å². The summed E-state index contributed by atoms with van der Waals surface area (Å²) in [4.78, 5) is 27.1. The van der Waals surface area contributed by atoms with Crippen molar-refractivity contribution in [3.05, 3.63) is 59.2 Å². The Balaban J connectivity index is 1.55. The molecule has 0 atom stereocenters. The van der Waals surface area contributed by atoms with E-state index in [1.807, 2.05) is 19.9 Å². The third-order valence-electron chi connectivity index (χ3n) is 7.19. The second-order valence-electron chi connectivity index (χ2n) is 9.69. The minimum Gasteiger partial charge on any atom is -0.486 e. The molecule has 0 unspecified atom stereocenters. The highest BCUT2D eigenvalue weighted by Gasteiger charge is 2.38. The standard InChI is InChI=1S/C28H32F3N3O4/c1-3-27(4-2)16-19(22-10-8-20(28(29,30)31)14-24(22)38-27)13-25(36)32-21-9-7-18-17-34(11-5-6-12-35)26(37)33-23(18)15-21/h7-10,13-15,35H,3-6,11-12,16-17H2,1-2H3,(H,32,36)(H,33,37)/b19-13+. The molecule has 3 N–H and O–H groups in total. The molecular weight excluding hydrogens is 499 g/mol. The molecule has 2 aromatic rings. The average Bonchev–Trinajstić information content (AvgIpc) is 2.88. The summed E-state index contributed by atoms with van der Waals surface area (Å²) in [5.41, 5.74) is 1.55. The predicted molar refractivity (Wildman–Crippen MR) is 139 cm³/mol. The summed E-state index contributed by atoms with van der Waals surface area (Å²) < 4.78 is 46.0. The molecule has 2 aliphatic heterocycles. The number of unbranched alkanes of at least 4 members (excludes halogenated alkanes) is 1. The molecule has 3 amide bonds. The molecule has 2 aliphatic rings. The monoisotopic (exact) mass is 531 g/mol. The van der Waals surface area contributed by atoms with Crippen molar-refractivity contribution >= 4 is 28.9 Å². The number of hydrogen-bond acceptors (Lipinski definition) is 4. The smallest absolute Gasteiger partial charge is 0.416 e. The summed E-state index contributed by atoms with van der Waals surface area (Å²) >= 11 is 0. The highest BCUT2D eigenvalue weighted by molar-refractivity contribution is 6.05. The van der Waals surface area contributed by atoms with E-state index in [9.17, 15) is 22.8 Å². The van der Waals surface area contributed by atoms with Gasteiger partial charge in [0.1, 0.15) is 11.4 Å². The number of urea groups is 1. The topological polar surface area (TPSA) is 90.9 Å². The molecule has 0 saturated heterocycles. The van der Waals surface area contributed by atoms with E-state index in [1.165, 1.54) is 12.1 Å². The van der Waals surface area contributed by atoms with Crippen LogP contribution in [0.5, 0.6) is 5.75 Å². The van der Waals surface area contributed by atoms with Crippen molar-refractivity contribution in [2.45, 2.75) is 64.3 Å². The minimum atomic E-state index is -4.50. The maximum atomic E-state index is 13.3. The Labute approximate surface area is 219 Å². The first-order valence-electron chi connectivity index (χ1n) is 12.8. The van der Waals surface area contributed by atoms with Crippen LogP contribution in [-0.4, -0.2) is 40.7 Å². The SMILES string of the molecule is CCC1(CC)C/C(=C\C(=O)Nc2ccc3c(c2)NC(=O)N(CCCCO)C3)c2ccc(C(F)(F)F)cc2O1. The maximum Gasteiger partial charge on any atom is 0.416 e. The van der Waals surface area contributed by atoms with Crippen LogP contribution in [0.15, 0.2) is 42.5 Å². The number of carbonyl (C=O) groups is 2. The van der Waals surface area contributed by atoms with E-state index in [-0.39, 0.29) is 18.4 Å². The number of anilines is 2. The van der Waals surface area contributed by atoms with Gasteiger partial charge in [-0.3, -0.25) is 4.79 Å². The number of nitrogens with one attached hydrogen (secondary N) is 2. The quantitative estimate of drug-likeness (QED) is 0.280. The highest BCUT2D eigenvalue weighted by Crippen LogP contribution is 2.45. The molecule has 0 aliphatic carbocycles. The van der Waals surface area contributed by atoms with Crippen LogP contribution in [0.1, 0.15) is 62.6 Å². The van der Waals surface area contributed by atoms with Crippen molar-refractivity contribution in [3.8, 4) is 5.75 Å². The zero-order chi connectivity index (χ0) is 27.5. The number of alkyl halides is 3. The van der Waals surface area contributed by atoms with Gasteiger partial charge in [-0.2, -0.15) is 13.2 Å². The first-order valence-corrected chi connectivity index (χ1v) is 12.8. The summed E-state index contributed by atoms with van der Waals surface area (Å²) in [7, 11) is 0. The second kappa shape index (κ2) is 11.1. The molecule has 4 rings (SSSR count). The molecule has 0 spiro atoms. The predicted octanol–water partition coefficient (Wildman–Crippen LogP) is 6.19. The number of aliphatic hydroxyl groups is 1. The minimum absolute atomic E-state index is 0.0797. The Kier molecular flexibility index (Phi) is 8.01. The number of hydrogen-bond donors (Lipinski definition) is 3. The summed E-state index contributed by atoms with van der Waals surface area (Å²) in [6, 6.07) is 8.37. The Morgan fingerprint density at radius 3 is 2.63 bits per heavy atom. The van der Waals surface area contributed by atoms with Gasteiger partial charge in [-0.1, -0.05) is 26.0 Å². The van der Waals surface area contributed by atoms with E-state index in [2.05, 4.69) is 10.6 Å². The first kappa shape index (κ1) is 27.5. The molecule has 0 fully saturated rings. The molecule has 0 bridgehead atoms. The average molecular weight is 532 g/mol. The van der Waals surface area contributed by atoms with Gasteiger partial charge in [-0.15, -0.1) is 0 Å². The fraction of sp³-hybridized carbons (Fsp3) is 0.429. The van der Waals surface area contributed by atoms with Crippen LogP contribution >= 0.6 is 0 Å². The molecule has 2 aromatic carbocycles. The number of benzene rings is 2. The molecule has 204 valence electrons. The number of nitrogens with zero attached hydrogens (tertiary/aromatic N) is 1. The van der Waals surface area contributed by atoms with E-state index in [1.54, 1.807) is 17.0 Å². The number of halogens is 3. The Hall–Kier alpha value is -3.53. The normalized spacial score (nSPS) is 17.4. The van der Waals surface area contributed by atoms with Crippen molar-refractivity contribution < 1.29 is 32.6 Å². The summed E-state index contributed by atoms with van der Waals surface area (Å²) in [6.07, 6.45) is -0.246. The van der Waals surface area contributed by atoms with Crippen molar-refractivity contribution in [2.75, 3.05) is 23.8 Å². The number of carbonyl (C=O) groups excluding carboxylic acids is 2. The lowest BCUT2D eigenvalue weighted by atomic mass is 9.83. The van der Waals surface area contributed by atoms with Crippen molar-refractivity contribution in [3.63, 3.8) is 0 Å². The number of aliphatic hydroxyl groups excluding tert-OH is 1. The molecule has 2 heterocycles. The van der Waals surface area contributed by atoms with Gasteiger partial charge >= 0.3 is 12.2 Å². The molecule has 0 saturated carbocycles. The van der Waals surface area contributed by atoms with Gasteiger partial charge in [0.25, 0.3) is 0 Å². The van der Waals surface area contributed by atoms with Gasteiger partial charge in [0.05, 0.1) is 5.56 Å². The van der Waals surface area contributed by atoms with Gasteiger partial charge in [0, 0.05) is 49.1 Å². The van der Waals surface area contributed by atoms with Crippen LogP contribution in [0.25, 0.3) is 5.57 Å². The lowest BCUT2D eigenvalue weighted by molar-refractivity contribution is -0.137. The lowest BCUT2D eigenvalue weighted by Gasteiger charge is -2.39. The van der Waals surface area contributed by atoms with Crippen molar-refractivity contribution in [1.29, 1.82) is 0 Å². The fourth-order valence-electron chi connectivity index (χ4n) is 4.84. The second-order valence-corrected chi connectivity index (χ2v) is 9.69. The Bertz CT molecular complexity index is 1240. The number of fused-ring (bicyclic) bond motifs is 2. The summed E-state index contributed by atoms with van der Waals surface area (Å²) in [6.45, 7) is 4.86. The van der Waals surface area contributed by atoms with Gasteiger partial charge in [-0.25, -0.2) is 4.79 Å². The van der Waals surface area contributed by atoms with Crippen LogP contribution in [0.3, 0.4) is 0 Å². The Morgan fingerprint density at radius 2 is 1.95 bits per heavy atom. The molecule has 7 nitrogen and oxygen atoms in total. The third kappa shape index (κ3) is 5.96. The first-order chi connectivity index (χ1) is 18.1. The fourth-order valence-corrected chi connectivity index (χ4v) is 4.84. The van der Waals surface area contributed by atoms with Crippen LogP contribution < -0.4 is 15.4 Å². The van der Waals surface area contributed by atoms with Crippen molar-refractivity contribution in [1.82, 2.24) is 4.90 Å². The van der Waals surface area contributed by atoms with Gasteiger partial charge in [0.15, 0.2) is 0 Å². The largest absolute Gasteiger partial charge is 0.486 e. The lowest BCUT2D eigenvalue weighted by Crippen LogP contribution is -2.39. The third-order valence-corrected chi connectivity index (χ3v) is 7.19. The zero-order valence-electron chi connectivity index (χ0n) is 21.5. The summed E-state index contributed by atoms with van der Waals surface area (Å²) in [5, 5.41) is 14.6. The molecule has 0 aromatic heterocycles. The number of amides is 3. The van der Waals surface area contributed by atoms with Crippen molar-refractivity contribution in [2.24, 2.45) is 0 Å². The number of rotatable bonds is 8. The van der Waals surface area contributed by atoms with Crippen LogP contribution in [-0.2, 0) is 17.5 Å². The van der Waals surface area contributed by atoms with E-state index in [4.69, 9.17) is 9.84 Å². The maximum absolute atomic E-state index is 13.3. The molecular formula is C28H32F3N3O4. The number of ether oxygens (including phenoxy) is 1. The summed E-state index contributed by atoms with van der Waals surface area (Å²) in [5.74, 6) is -0.310. The van der Waals surface area contributed by atoms with E-state index in [0.717, 1.165) is 17.7 Å². The van der Waals surface area contributed by atoms with Gasteiger partial charge < -0.3 is 25.4 Å². The Morgan fingerprint density at radius 1 is 1.18 bits per heavy atom. The van der Waals surface area contributed by atoms with Crippen LogP contribution in [0, 0.1) is 0 Å². The van der Waals surface area contributed by atoms with Crippen LogP contribution in [0.4, 0.5) is 29.3 Å². The zero-order valence-corrected chi connectivity index (χ0v) is 21.5. The molecule has 38 heavy (non-hydrogen) atoms. The van der Waals surface area contributed by atoms with Crippen LogP contribution in [0.2, 0.25) is 0 Å². The molecule has 10 heteroatoms. The van der Waals surface area contributed by atoms with E-state index >= 15 is 0 Å².